The zero-order chi connectivity index (χ0) is 11.8. The van der Waals surface area contributed by atoms with Crippen molar-refractivity contribution in [3.05, 3.63) is 0 Å². The number of carbonyl (C=O) groups is 1. The van der Waals surface area contributed by atoms with Crippen LogP contribution in [0.4, 0.5) is 0 Å². The molecule has 0 aromatic carbocycles. The van der Waals surface area contributed by atoms with E-state index in [-0.39, 0.29) is 11.9 Å². The van der Waals surface area contributed by atoms with Crippen molar-refractivity contribution >= 4 is 5.91 Å². The lowest BCUT2D eigenvalue weighted by atomic mass is 10.2. The smallest absolute Gasteiger partial charge is 0.234 e. The molecule has 0 saturated heterocycles. The van der Waals surface area contributed by atoms with Gasteiger partial charge in [0.2, 0.25) is 5.91 Å². The van der Waals surface area contributed by atoms with Crippen molar-refractivity contribution in [2.24, 2.45) is 5.73 Å². The van der Waals surface area contributed by atoms with Crippen LogP contribution in [-0.4, -0.2) is 31.2 Å². The van der Waals surface area contributed by atoms with Crippen LogP contribution >= 0.6 is 0 Å². The second-order valence-corrected chi connectivity index (χ2v) is 4.48. The van der Waals surface area contributed by atoms with Crippen molar-refractivity contribution in [2.45, 2.75) is 57.6 Å². The van der Waals surface area contributed by atoms with Crippen molar-refractivity contribution in [3.63, 3.8) is 0 Å². The van der Waals surface area contributed by atoms with Gasteiger partial charge in [-0.15, -0.1) is 0 Å². The minimum absolute atomic E-state index is 0.235. The molecule has 0 aromatic rings. The quantitative estimate of drug-likeness (QED) is 0.656. The van der Waals surface area contributed by atoms with Crippen LogP contribution < -0.4 is 11.1 Å². The molecule has 1 rings (SSSR count). The molecule has 4 heteroatoms. The van der Waals surface area contributed by atoms with Gasteiger partial charge in [-0.05, 0) is 32.2 Å². The van der Waals surface area contributed by atoms with Gasteiger partial charge in [0.05, 0.1) is 12.1 Å². The minimum atomic E-state index is -0.275. The Labute approximate surface area is 97.9 Å². The summed E-state index contributed by atoms with van der Waals surface area (Å²) >= 11 is 0. The van der Waals surface area contributed by atoms with Gasteiger partial charge in [-0.1, -0.05) is 19.8 Å². The Morgan fingerprint density at radius 3 is 2.75 bits per heavy atom. The number of ether oxygens (including phenoxy) is 1. The maximum absolute atomic E-state index is 11.1. The van der Waals surface area contributed by atoms with E-state index in [0.29, 0.717) is 19.1 Å². The average Bonchev–Trinajstić information content (AvgIpc) is 2.75. The molecule has 3 N–H and O–H groups in total. The second-order valence-electron chi connectivity index (χ2n) is 4.48. The summed E-state index contributed by atoms with van der Waals surface area (Å²) in [5, 5.41) is 3.14. The maximum atomic E-state index is 11.1. The van der Waals surface area contributed by atoms with E-state index in [9.17, 15) is 4.79 Å². The van der Waals surface area contributed by atoms with E-state index in [1.807, 2.05) is 0 Å². The van der Waals surface area contributed by atoms with Gasteiger partial charge in [-0.25, -0.2) is 0 Å². The van der Waals surface area contributed by atoms with Gasteiger partial charge >= 0.3 is 0 Å². The van der Waals surface area contributed by atoms with Gasteiger partial charge in [0, 0.05) is 6.61 Å². The highest BCUT2D eigenvalue weighted by molar-refractivity contribution is 5.79. The van der Waals surface area contributed by atoms with Crippen molar-refractivity contribution in [1.29, 1.82) is 0 Å². The van der Waals surface area contributed by atoms with Crippen molar-refractivity contribution in [2.75, 3.05) is 13.2 Å². The van der Waals surface area contributed by atoms with E-state index in [1.165, 1.54) is 25.7 Å². The van der Waals surface area contributed by atoms with Gasteiger partial charge in [0.15, 0.2) is 0 Å². The minimum Gasteiger partial charge on any atom is -0.378 e. The molecule has 1 saturated carbocycles. The Morgan fingerprint density at radius 1 is 1.50 bits per heavy atom. The standard InChI is InChI=1S/C12H24N2O2/c1-2-8-14-11(12(13)15)7-9-16-10-5-3-4-6-10/h10-11,14H,2-9H2,1H3,(H2,13,15). The van der Waals surface area contributed by atoms with Crippen LogP contribution in [0.25, 0.3) is 0 Å². The van der Waals surface area contributed by atoms with Gasteiger partial charge in [0.1, 0.15) is 0 Å². The van der Waals surface area contributed by atoms with E-state index >= 15 is 0 Å². The van der Waals surface area contributed by atoms with Gasteiger partial charge in [-0.2, -0.15) is 0 Å². The zero-order valence-corrected chi connectivity index (χ0v) is 10.2. The predicted octanol–water partition coefficient (Wildman–Crippen LogP) is 1.19. The predicted molar refractivity (Wildman–Crippen MR) is 64.1 cm³/mol. The molecule has 0 aromatic heterocycles. The van der Waals surface area contributed by atoms with Crippen LogP contribution in [0.3, 0.4) is 0 Å². The average molecular weight is 228 g/mol. The van der Waals surface area contributed by atoms with Crippen LogP contribution in [0.1, 0.15) is 45.4 Å². The summed E-state index contributed by atoms with van der Waals surface area (Å²) < 4.78 is 5.72. The van der Waals surface area contributed by atoms with Crippen molar-refractivity contribution < 1.29 is 9.53 Å². The lowest BCUT2D eigenvalue weighted by Gasteiger charge is -2.16. The Morgan fingerprint density at radius 2 is 2.19 bits per heavy atom. The molecular formula is C12H24N2O2. The van der Waals surface area contributed by atoms with Crippen LogP contribution in [0.15, 0.2) is 0 Å². The molecule has 0 heterocycles. The summed E-state index contributed by atoms with van der Waals surface area (Å²) in [6.07, 6.45) is 7.00. The fourth-order valence-corrected chi connectivity index (χ4v) is 2.07. The number of nitrogens with two attached hydrogens (primary N) is 1. The molecule has 1 aliphatic rings. The summed E-state index contributed by atoms with van der Waals surface area (Å²) in [6, 6.07) is -0.235. The second kappa shape index (κ2) is 7.63. The van der Waals surface area contributed by atoms with Crippen LogP contribution in [0, 0.1) is 0 Å². The number of hydrogen-bond donors (Lipinski definition) is 2. The van der Waals surface area contributed by atoms with Crippen LogP contribution in [-0.2, 0) is 9.53 Å². The lowest BCUT2D eigenvalue weighted by Crippen LogP contribution is -2.42. The van der Waals surface area contributed by atoms with Gasteiger partial charge < -0.3 is 15.8 Å². The first-order valence-corrected chi connectivity index (χ1v) is 6.38. The molecule has 94 valence electrons. The van der Waals surface area contributed by atoms with E-state index in [0.717, 1.165) is 13.0 Å². The normalized spacial score (nSPS) is 18.8. The first-order chi connectivity index (χ1) is 7.74. The fraction of sp³-hybridized carbons (Fsp3) is 0.917. The Hall–Kier alpha value is -0.610. The number of rotatable bonds is 8. The summed E-state index contributed by atoms with van der Waals surface area (Å²) in [5.74, 6) is -0.275. The largest absolute Gasteiger partial charge is 0.378 e. The van der Waals surface area contributed by atoms with Crippen LogP contribution in [0.2, 0.25) is 0 Å². The highest BCUT2D eigenvalue weighted by Gasteiger charge is 2.18. The molecule has 1 fully saturated rings. The number of primary amides is 1. The molecule has 0 aliphatic heterocycles. The highest BCUT2D eigenvalue weighted by Crippen LogP contribution is 2.20. The van der Waals surface area contributed by atoms with E-state index in [2.05, 4.69) is 12.2 Å². The Kier molecular flexibility index (Phi) is 6.42. The number of carbonyl (C=O) groups excluding carboxylic acids is 1. The molecule has 1 unspecified atom stereocenters. The molecule has 0 spiro atoms. The summed E-state index contributed by atoms with van der Waals surface area (Å²) in [7, 11) is 0. The Bertz CT molecular complexity index is 203. The third-order valence-electron chi connectivity index (χ3n) is 3.05. The molecule has 0 radical (unpaired) electrons. The molecular weight excluding hydrogens is 204 g/mol. The van der Waals surface area contributed by atoms with Crippen molar-refractivity contribution in [1.82, 2.24) is 5.32 Å². The maximum Gasteiger partial charge on any atom is 0.234 e. The number of amides is 1. The van der Waals surface area contributed by atoms with Crippen molar-refractivity contribution in [3.8, 4) is 0 Å². The first kappa shape index (κ1) is 13.5. The fourth-order valence-electron chi connectivity index (χ4n) is 2.07. The summed E-state index contributed by atoms with van der Waals surface area (Å²) in [6.45, 7) is 3.53. The molecule has 1 aliphatic carbocycles. The third-order valence-corrected chi connectivity index (χ3v) is 3.05. The molecule has 1 amide bonds. The van der Waals surface area contributed by atoms with E-state index in [1.54, 1.807) is 0 Å². The summed E-state index contributed by atoms with van der Waals surface area (Å²) in [4.78, 5) is 11.1. The van der Waals surface area contributed by atoms with Gasteiger partial charge in [-0.3, -0.25) is 4.79 Å². The number of nitrogens with one attached hydrogen (secondary N) is 1. The first-order valence-electron chi connectivity index (χ1n) is 6.38. The third kappa shape index (κ3) is 4.94. The summed E-state index contributed by atoms with van der Waals surface area (Å²) in [5.41, 5.74) is 5.31. The molecule has 0 bridgehead atoms. The van der Waals surface area contributed by atoms with Crippen LogP contribution in [0.5, 0.6) is 0 Å². The highest BCUT2D eigenvalue weighted by atomic mass is 16.5. The lowest BCUT2D eigenvalue weighted by molar-refractivity contribution is -0.120. The zero-order valence-electron chi connectivity index (χ0n) is 10.2. The SMILES string of the molecule is CCCNC(CCOC1CCCC1)C(N)=O. The number of hydrogen-bond acceptors (Lipinski definition) is 3. The molecule has 16 heavy (non-hydrogen) atoms. The van der Waals surface area contributed by atoms with Gasteiger partial charge in [0.25, 0.3) is 0 Å². The molecule has 4 nitrogen and oxygen atoms in total. The Balaban J connectivity index is 2.13. The monoisotopic (exact) mass is 228 g/mol. The van der Waals surface area contributed by atoms with E-state index < -0.39 is 0 Å². The topological polar surface area (TPSA) is 64.3 Å². The molecule has 1 atom stereocenters. The van der Waals surface area contributed by atoms with E-state index in [4.69, 9.17) is 10.5 Å².